The molecule has 3 rings (SSSR count). The van der Waals surface area contributed by atoms with Gasteiger partial charge in [-0.1, -0.05) is 6.07 Å². The second-order valence-corrected chi connectivity index (χ2v) is 7.59. The van der Waals surface area contributed by atoms with Gasteiger partial charge in [0, 0.05) is 17.3 Å². The predicted molar refractivity (Wildman–Crippen MR) is 81.6 cm³/mol. The zero-order valence-corrected chi connectivity index (χ0v) is 13.2. The summed E-state index contributed by atoms with van der Waals surface area (Å²) in [5.74, 6) is 0.410. The Labute approximate surface area is 124 Å². The van der Waals surface area contributed by atoms with Gasteiger partial charge in [-0.15, -0.1) is 11.3 Å². The summed E-state index contributed by atoms with van der Waals surface area (Å²) >= 11 is 1.51. The maximum atomic E-state index is 12.4. The van der Waals surface area contributed by atoms with Gasteiger partial charge in [0.15, 0.2) is 4.34 Å². The van der Waals surface area contributed by atoms with Gasteiger partial charge in [0.25, 0.3) is 0 Å². The molecule has 0 bridgehead atoms. The maximum absolute atomic E-state index is 12.4. The van der Waals surface area contributed by atoms with E-state index < -0.39 is 10.8 Å². The van der Waals surface area contributed by atoms with E-state index in [1.54, 1.807) is 0 Å². The van der Waals surface area contributed by atoms with E-state index in [-0.39, 0.29) is 0 Å². The van der Waals surface area contributed by atoms with Gasteiger partial charge in [0.05, 0.1) is 27.9 Å². The molecule has 3 aromatic heterocycles. The lowest BCUT2D eigenvalue weighted by Crippen LogP contribution is -1.96. The summed E-state index contributed by atoms with van der Waals surface area (Å²) in [5, 5.41) is 0. The summed E-state index contributed by atoms with van der Waals surface area (Å²) in [5.41, 5.74) is 3.84. The molecule has 0 saturated heterocycles. The topological polar surface area (TPSA) is 47.3 Å². The van der Waals surface area contributed by atoms with Crippen LogP contribution < -0.4 is 0 Å². The number of aryl methyl sites for hydroxylation is 3. The van der Waals surface area contributed by atoms with Gasteiger partial charge in [-0.25, -0.2) is 9.97 Å². The summed E-state index contributed by atoms with van der Waals surface area (Å²) in [6, 6.07) is 4.01. The van der Waals surface area contributed by atoms with Crippen LogP contribution in [0.25, 0.3) is 5.65 Å². The molecule has 0 amide bonds. The first-order valence-electron chi connectivity index (χ1n) is 6.30. The molecule has 0 aliphatic carbocycles. The van der Waals surface area contributed by atoms with E-state index in [2.05, 4.69) is 9.97 Å². The quantitative estimate of drug-likeness (QED) is 0.747. The van der Waals surface area contributed by atoms with E-state index in [1.807, 2.05) is 49.7 Å². The molecule has 0 saturated carbocycles. The van der Waals surface area contributed by atoms with Crippen molar-refractivity contribution in [1.82, 2.24) is 14.4 Å². The van der Waals surface area contributed by atoms with Crippen LogP contribution in [0.2, 0.25) is 0 Å². The maximum Gasteiger partial charge on any atom is 0.181 e. The Hall–Kier alpha value is -1.53. The van der Waals surface area contributed by atoms with Gasteiger partial charge in [-0.05, 0) is 32.4 Å². The molecule has 4 nitrogen and oxygen atoms in total. The first kappa shape index (κ1) is 13.5. The molecule has 0 unspecified atom stereocenters. The number of rotatable bonds is 3. The monoisotopic (exact) mass is 305 g/mol. The third-order valence-electron chi connectivity index (χ3n) is 3.21. The van der Waals surface area contributed by atoms with E-state index >= 15 is 0 Å². The Morgan fingerprint density at radius 2 is 2.10 bits per heavy atom. The molecule has 1 atom stereocenters. The molecule has 20 heavy (non-hydrogen) atoms. The van der Waals surface area contributed by atoms with Crippen LogP contribution in [0.5, 0.6) is 0 Å². The summed E-state index contributed by atoms with van der Waals surface area (Å²) in [4.78, 5) is 10.0. The Bertz CT molecular complexity index is 784. The van der Waals surface area contributed by atoms with E-state index in [1.165, 1.54) is 11.3 Å². The van der Waals surface area contributed by atoms with Crippen molar-refractivity contribution in [1.29, 1.82) is 0 Å². The van der Waals surface area contributed by atoms with Crippen LogP contribution in [0.4, 0.5) is 0 Å². The number of imidazole rings is 1. The minimum Gasteiger partial charge on any atom is -0.307 e. The number of hydrogen-bond donors (Lipinski definition) is 0. The minimum atomic E-state index is -1.13. The summed E-state index contributed by atoms with van der Waals surface area (Å²) in [6.45, 7) is 5.97. The van der Waals surface area contributed by atoms with Gasteiger partial charge in [0.1, 0.15) is 5.65 Å². The molecule has 104 valence electrons. The third kappa shape index (κ3) is 2.41. The average molecular weight is 305 g/mol. The first-order valence-corrected chi connectivity index (χ1v) is 8.44. The molecule has 0 N–H and O–H groups in total. The van der Waals surface area contributed by atoms with Crippen LogP contribution in [0.3, 0.4) is 0 Å². The van der Waals surface area contributed by atoms with E-state index in [0.29, 0.717) is 10.1 Å². The van der Waals surface area contributed by atoms with Crippen molar-refractivity contribution in [3.05, 3.63) is 46.4 Å². The lowest BCUT2D eigenvalue weighted by molar-refractivity contribution is 0.681. The van der Waals surface area contributed by atoms with Crippen LogP contribution in [0, 0.1) is 20.8 Å². The zero-order chi connectivity index (χ0) is 14.3. The number of fused-ring (bicyclic) bond motifs is 1. The van der Waals surface area contributed by atoms with Crippen molar-refractivity contribution in [3.8, 4) is 0 Å². The molecule has 0 aliphatic rings. The van der Waals surface area contributed by atoms with Crippen molar-refractivity contribution in [2.75, 3.05) is 0 Å². The smallest absolute Gasteiger partial charge is 0.181 e. The summed E-state index contributed by atoms with van der Waals surface area (Å²) in [7, 11) is -1.13. The SMILES string of the molecule is Cc1nc([S@@](=O)Cc2cn3cccc(C)c3n2)sc1C. The lowest BCUT2D eigenvalue weighted by Gasteiger charge is -1.94. The van der Waals surface area contributed by atoms with Crippen molar-refractivity contribution in [3.63, 3.8) is 0 Å². The highest BCUT2D eigenvalue weighted by Crippen LogP contribution is 2.22. The highest BCUT2D eigenvalue weighted by atomic mass is 32.2. The van der Waals surface area contributed by atoms with Crippen molar-refractivity contribution in [2.24, 2.45) is 0 Å². The molecule has 0 aliphatic heterocycles. The number of aromatic nitrogens is 3. The van der Waals surface area contributed by atoms with Crippen LogP contribution in [0.15, 0.2) is 28.9 Å². The fourth-order valence-electron chi connectivity index (χ4n) is 2.01. The normalized spacial score (nSPS) is 12.9. The van der Waals surface area contributed by atoms with Gasteiger partial charge in [-0.3, -0.25) is 4.21 Å². The zero-order valence-electron chi connectivity index (χ0n) is 11.6. The van der Waals surface area contributed by atoms with Crippen LogP contribution in [-0.2, 0) is 16.6 Å². The van der Waals surface area contributed by atoms with E-state index in [9.17, 15) is 4.21 Å². The highest BCUT2D eigenvalue weighted by molar-refractivity contribution is 7.86. The van der Waals surface area contributed by atoms with Crippen molar-refractivity contribution < 1.29 is 4.21 Å². The van der Waals surface area contributed by atoms with Crippen LogP contribution in [0.1, 0.15) is 21.8 Å². The van der Waals surface area contributed by atoms with Crippen LogP contribution in [-0.4, -0.2) is 18.6 Å². The van der Waals surface area contributed by atoms with Crippen molar-refractivity contribution in [2.45, 2.75) is 30.9 Å². The molecule has 3 heterocycles. The van der Waals surface area contributed by atoms with Crippen LogP contribution >= 0.6 is 11.3 Å². The Balaban J connectivity index is 1.89. The largest absolute Gasteiger partial charge is 0.307 e. The fourth-order valence-corrected chi connectivity index (χ4v) is 4.34. The molecule has 3 aromatic rings. The molecule has 0 aromatic carbocycles. The molecule has 6 heteroatoms. The molecule has 0 fully saturated rings. The van der Waals surface area contributed by atoms with Crippen molar-refractivity contribution >= 4 is 27.8 Å². The lowest BCUT2D eigenvalue weighted by atomic mass is 10.3. The van der Waals surface area contributed by atoms with Gasteiger partial charge >= 0.3 is 0 Å². The summed E-state index contributed by atoms with van der Waals surface area (Å²) in [6.07, 6.45) is 3.90. The molecule has 0 spiro atoms. The fraction of sp³-hybridized carbons (Fsp3) is 0.286. The second-order valence-electron chi connectivity index (χ2n) is 4.77. The third-order valence-corrected chi connectivity index (χ3v) is 5.92. The van der Waals surface area contributed by atoms with E-state index in [0.717, 1.165) is 27.5 Å². The number of pyridine rings is 1. The van der Waals surface area contributed by atoms with Gasteiger partial charge in [0.2, 0.25) is 0 Å². The standard InChI is InChI=1S/C14H15N3OS2/c1-9-5-4-6-17-7-12(16-13(9)17)8-20(18)14-15-10(2)11(3)19-14/h4-7H,8H2,1-3H3/t20-/m0/s1. The number of hydrogen-bond acceptors (Lipinski definition) is 4. The van der Waals surface area contributed by atoms with Gasteiger partial charge < -0.3 is 4.40 Å². The van der Waals surface area contributed by atoms with Gasteiger partial charge in [-0.2, -0.15) is 0 Å². The molecular formula is C14H15N3OS2. The summed E-state index contributed by atoms with van der Waals surface area (Å²) < 4.78 is 15.0. The molecular weight excluding hydrogens is 290 g/mol. The Morgan fingerprint density at radius 3 is 2.75 bits per heavy atom. The Kier molecular flexibility index (Phi) is 3.43. The van der Waals surface area contributed by atoms with E-state index in [4.69, 9.17) is 0 Å². The average Bonchev–Trinajstić information content (AvgIpc) is 2.95. The minimum absolute atomic E-state index is 0.410. The first-order chi connectivity index (χ1) is 9.54. The number of thiazole rings is 1. The second kappa shape index (κ2) is 5.10. The number of nitrogens with zero attached hydrogens (tertiary/aromatic N) is 3. The highest BCUT2D eigenvalue weighted by Gasteiger charge is 2.14. The molecule has 0 radical (unpaired) electrons. The predicted octanol–water partition coefficient (Wildman–Crippen LogP) is 3.02. The Morgan fingerprint density at radius 1 is 1.30 bits per heavy atom.